The molecule has 1 unspecified atom stereocenters. The van der Waals surface area contributed by atoms with Crippen LogP contribution in [0.15, 0.2) is 24.3 Å². The number of carbonyl (C=O) groups excluding carboxylic acids is 1. The third-order valence-electron chi connectivity index (χ3n) is 5.57. The van der Waals surface area contributed by atoms with Gasteiger partial charge in [-0.2, -0.15) is 0 Å². The largest absolute Gasteiger partial charge is 0.395 e. The van der Waals surface area contributed by atoms with E-state index in [2.05, 4.69) is 22.5 Å². The fourth-order valence-electron chi connectivity index (χ4n) is 3.88. The van der Waals surface area contributed by atoms with E-state index in [0.717, 1.165) is 29.2 Å². The van der Waals surface area contributed by atoms with Gasteiger partial charge in [0.2, 0.25) is 0 Å². The summed E-state index contributed by atoms with van der Waals surface area (Å²) in [5, 5.41) is 14.1. The van der Waals surface area contributed by atoms with Crippen molar-refractivity contribution in [1.82, 2.24) is 15.3 Å². The van der Waals surface area contributed by atoms with Crippen molar-refractivity contribution < 1.29 is 19.4 Å². The van der Waals surface area contributed by atoms with Gasteiger partial charge in [-0.3, -0.25) is 0 Å². The molecule has 0 saturated carbocycles. The van der Waals surface area contributed by atoms with E-state index in [-0.39, 0.29) is 25.2 Å². The summed E-state index contributed by atoms with van der Waals surface area (Å²) in [5.41, 5.74) is 2.97. The van der Waals surface area contributed by atoms with Crippen molar-refractivity contribution in [2.24, 2.45) is 0 Å². The fourth-order valence-corrected chi connectivity index (χ4v) is 3.88. The summed E-state index contributed by atoms with van der Waals surface area (Å²) in [6.45, 7) is 8.89. The SMILES string of the molecule is CC1COCCN1c1nc(-c2ccc(NC(=O)NCCO)cc2)nc2c1COC2(C)C. The number of aromatic nitrogens is 2. The summed E-state index contributed by atoms with van der Waals surface area (Å²) in [4.78, 5) is 23.9. The molecule has 0 aliphatic carbocycles. The molecule has 1 aromatic carbocycles. The lowest BCUT2D eigenvalue weighted by Crippen LogP contribution is -2.44. The summed E-state index contributed by atoms with van der Waals surface area (Å²) < 4.78 is 11.6. The Hall–Kier alpha value is -2.75. The first-order chi connectivity index (χ1) is 14.9. The Balaban J connectivity index is 1.65. The summed E-state index contributed by atoms with van der Waals surface area (Å²) in [6.07, 6.45) is 0. The average molecular weight is 428 g/mol. The van der Waals surface area contributed by atoms with Crippen molar-refractivity contribution >= 4 is 17.5 Å². The van der Waals surface area contributed by atoms with E-state index in [9.17, 15) is 4.79 Å². The predicted octanol–water partition coefficient (Wildman–Crippen LogP) is 2.25. The number of morpholine rings is 1. The first-order valence-electron chi connectivity index (χ1n) is 10.5. The Morgan fingerprint density at radius 2 is 2.06 bits per heavy atom. The van der Waals surface area contributed by atoms with Crippen LogP contribution in [-0.4, -0.2) is 60.1 Å². The van der Waals surface area contributed by atoms with Gasteiger partial charge in [-0.15, -0.1) is 0 Å². The van der Waals surface area contributed by atoms with Gasteiger partial charge in [0.15, 0.2) is 5.82 Å². The minimum absolute atomic E-state index is 0.105. The van der Waals surface area contributed by atoms with Crippen molar-refractivity contribution in [3.05, 3.63) is 35.5 Å². The number of urea groups is 1. The number of benzene rings is 1. The number of fused-ring (bicyclic) bond motifs is 1. The average Bonchev–Trinajstić information content (AvgIpc) is 3.07. The van der Waals surface area contributed by atoms with Crippen molar-refractivity contribution in [3.63, 3.8) is 0 Å². The number of anilines is 2. The Morgan fingerprint density at radius 3 is 2.77 bits per heavy atom. The topological polar surface area (TPSA) is 109 Å². The zero-order valence-corrected chi connectivity index (χ0v) is 18.1. The van der Waals surface area contributed by atoms with E-state index in [1.54, 1.807) is 0 Å². The molecule has 1 aromatic heterocycles. The quantitative estimate of drug-likeness (QED) is 0.671. The van der Waals surface area contributed by atoms with Crippen molar-refractivity contribution in [1.29, 1.82) is 0 Å². The number of amides is 2. The molecule has 31 heavy (non-hydrogen) atoms. The molecule has 0 spiro atoms. The van der Waals surface area contributed by atoms with Crippen molar-refractivity contribution in [2.75, 3.05) is 43.1 Å². The molecular formula is C22H29N5O4. The smallest absolute Gasteiger partial charge is 0.319 e. The molecule has 1 atom stereocenters. The molecule has 0 bridgehead atoms. The van der Waals surface area contributed by atoms with E-state index < -0.39 is 5.60 Å². The van der Waals surface area contributed by atoms with E-state index >= 15 is 0 Å². The van der Waals surface area contributed by atoms with Gasteiger partial charge in [0, 0.05) is 29.9 Å². The number of nitrogens with zero attached hydrogens (tertiary/aromatic N) is 3. The molecular weight excluding hydrogens is 398 g/mol. The molecule has 0 radical (unpaired) electrons. The van der Waals surface area contributed by atoms with Gasteiger partial charge >= 0.3 is 6.03 Å². The molecule has 166 valence electrons. The summed E-state index contributed by atoms with van der Waals surface area (Å²) in [7, 11) is 0. The predicted molar refractivity (Wildman–Crippen MR) is 117 cm³/mol. The standard InChI is InChI=1S/C22H29N5O4/c1-14-12-30-11-9-27(14)20-17-13-31-22(2,3)18(17)25-19(26-20)15-4-6-16(7-5-15)24-21(29)23-8-10-28/h4-7,14,28H,8-13H2,1-3H3,(H2,23,24,29). The van der Waals surface area contributed by atoms with Gasteiger partial charge in [-0.25, -0.2) is 14.8 Å². The van der Waals surface area contributed by atoms with Crippen LogP contribution in [0, 0.1) is 0 Å². The van der Waals surface area contributed by atoms with E-state index in [0.29, 0.717) is 31.3 Å². The van der Waals surface area contributed by atoms with Gasteiger partial charge < -0.3 is 30.1 Å². The fraction of sp³-hybridized carbons (Fsp3) is 0.500. The molecule has 1 saturated heterocycles. The molecule has 3 N–H and O–H groups in total. The van der Waals surface area contributed by atoms with Crippen molar-refractivity contribution in [3.8, 4) is 11.4 Å². The third kappa shape index (κ3) is 4.48. The number of nitrogens with one attached hydrogen (secondary N) is 2. The van der Waals surface area contributed by atoms with Crippen LogP contribution in [0.25, 0.3) is 11.4 Å². The maximum atomic E-state index is 11.8. The maximum absolute atomic E-state index is 11.8. The first kappa shape index (κ1) is 21.5. The zero-order valence-electron chi connectivity index (χ0n) is 18.1. The van der Waals surface area contributed by atoms with Gasteiger partial charge in [0.1, 0.15) is 11.4 Å². The van der Waals surface area contributed by atoms with Crippen LogP contribution in [0.4, 0.5) is 16.3 Å². The van der Waals surface area contributed by atoms with E-state index in [4.69, 9.17) is 24.5 Å². The summed E-state index contributed by atoms with van der Waals surface area (Å²) >= 11 is 0. The molecule has 1 fully saturated rings. The number of carbonyl (C=O) groups is 1. The number of hydrogen-bond acceptors (Lipinski definition) is 7. The molecule has 9 heteroatoms. The highest BCUT2D eigenvalue weighted by atomic mass is 16.5. The number of ether oxygens (including phenoxy) is 2. The molecule has 9 nitrogen and oxygen atoms in total. The molecule has 2 aliphatic rings. The third-order valence-corrected chi connectivity index (χ3v) is 5.57. The van der Waals surface area contributed by atoms with Gasteiger partial charge in [-0.05, 0) is 45.0 Å². The van der Waals surface area contributed by atoms with E-state index in [1.807, 2.05) is 38.1 Å². The Kier molecular flexibility index (Phi) is 6.08. The van der Waals surface area contributed by atoms with Crippen LogP contribution < -0.4 is 15.5 Å². The highest BCUT2D eigenvalue weighted by molar-refractivity contribution is 5.89. The Bertz CT molecular complexity index is 948. The minimum atomic E-state index is -0.483. The van der Waals surface area contributed by atoms with Crippen LogP contribution in [0.1, 0.15) is 32.0 Å². The number of rotatable bonds is 5. The monoisotopic (exact) mass is 427 g/mol. The molecule has 4 rings (SSSR count). The molecule has 2 amide bonds. The summed E-state index contributed by atoms with van der Waals surface area (Å²) in [6, 6.07) is 7.25. The summed E-state index contributed by atoms with van der Waals surface area (Å²) in [5.74, 6) is 1.54. The molecule has 3 heterocycles. The maximum Gasteiger partial charge on any atom is 0.319 e. The van der Waals surface area contributed by atoms with Crippen molar-refractivity contribution in [2.45, 2.75) is 39.0 Å². The second-order valence-electron chi connectivity index (χ2n) is 8.30. The normalized spacial score (nSPS) is 19.7. The number of hydrogen-bond donors (Lipinski definition) is 3. The van der Waals surface area contributed by atoms with Gasteiger partial charge in [-0.1, -0.05) is 0 Å². The Labute approximate surface area is 181 Å². The number of aliphatic hydroxyl groups excluding tert-OH is 1. The van der Waals surface area contributed by atoms with Gasteiger partial charge in [0.05, 0.1) is 38.2 Å². The minimum Gasteiger partial charge on any atom is -0.395 e. The van der Waals surface area contributed by atoms with Crippen LogP contribution >= 0.6 is 0 Å². The highest BCUT2D eigenvalue weighted by Gasteiger charge is 2.38. The molecule has 2 aromatic rings. The van der Waals surface area contributed by atoms with E-state index in [1.165, 1.54) is 0 Å². The van der Waals surface area contributed by atoms with Crippen LogP contribution in [0.3, 0.4) is 0 Å². The van der Waals surface area contributed by atoms with Gasteiger partial charge in [0.25, 0.3) is 0 Å². The lowest BCUT2D eigenvalue weighted by Gasteiger charge is -2.35. The second-order valence-corrected chi connectivity index (χ2v) is 8.30. The lowest BCUT2D eigenvalue weighted by molar-refractivity contribution is -0.0100. The van der Waals surface area contributed by atoms with Crippen LogP contribution in [-0.2, 0) is 21.7 Å². The Morgan fingerprint density at radius 1 is 1.29 bits per heavy atom. The lowest BCUT2D eigenvalue weighted by atomic mass is 10.0. The van der Waals surface area contributed by atoms with Crippen LogP contribution in [0.5, 0.6) is 0 Å². The van der Waals surface area contributed by atoms with Crippen LogP contribution in [0.2, 0.25) is 0 Å². The molecule has 2 aliphatic heterocycles. The second kappa shape index (κ2) is 8.78. The first-order valence-corrected chi connectivity index (χ1v) is 10.5. The highest BCUT2D eigenvalue weighted by Crippen LogP contribution is 2.40. The zero-order chi connectivity index (χ0) is 22.0. The number of aliphatic hydroxyl groups is 1.